The van der Waals surface area contributed by atoms with Crippen LogP contribution in [0, 0.1) is 18.7 Å². The highest BCUT2D eigenvalue weighted by molar-refractivity contribution is 6.09. The van der Waals surface area contributed by atoms with Crippen LogP contribution in [0.2, 0.25) is 0 Å². The molecule has 1 aliphatic heterocycles. The van der Waals surface area contributed by atoms with Crippen molar-refractivity contribution in [2.75, 3.05) is 15.5 Å². The van der Waals surface area contributed by atoms with Crippen molar-refractivity contribution in [2.24, 2.45) is 5.92 Å². The summed E-state index contributed by atoms with van der Waals surface area (Å²) in [6, 6.07) is 15.5. The molecule has 6 rings (SSSR count). The van der Waals surface area contributed by atoms with Gasteiger partial charge in [0.2, 0.25) is 5.91 Å². The molecule has 2 aliphatic rings. The van der Waals surface area contributed by atoms with Crippen LogP contribution in [-0.4, -0.2) is 23.0 Å². The maximum absolute atomic E-state index is 15.4. The molecule has 0 aromatic heterocycles. The number of hydrogen-bond donors (Lipinski definition) is 3. The van der Waals surface area contributed by atoms with Crippen LogP contribution in [0.4, 0.5) is 47.8 Å². The van der Waals surface area contributed by atoms with Crippen molar-refractivity contribution in [3.63, 3.8) is 0 Å². The van der Waals surface area contributed by atoms with Gasteiger partial charge in [0.15, 0.2) is 0 Å². The Morgan fingerprint density at radius 1 is 0.863 bits per heavy atom. The normalized spacial score (nSPS) is 18.0. The van der Waals surface area contributed by atoms with Gasteiger partial charge in [0, 0.05) is 23.1 Å². The molecule has 13 heteroatoms. The largest absolute Gasteiger partial charge is 0.416 e. The number of carbonyl (C=O) groups excluding carboxylic acids is 2. The Labute approximate surface area is 289 Å². The van der Waals surface area contributed by atoms with Crippen LogP contribution < -0.4 is 15.5 Å². The molecular formula is C38H34F7N3O3. The standard InChI is InChI=1S/C38H34F7N3O3/c1-21-5-4-8-31(39)33(21)36(51)48-32-16-12-25(37(40,41)42)17-24(32)18-29(34(48)22-9-13-27(14-10-22)46-26-6-2-3-7-26)35(50)47-28-15-11-23(20-49)30(19-28)38(43,44)45/h4-5,8-17,19,26,29,34,46,49H,2-3,6-7,18,20H2,1H3,(H,47,50)/t29-,34?/m0/s1. The molecule has 3 N–H and O–H groups in total. The second kappa shape index (κ2) is 14.0. The van der Waals surface area contributed by atoms with E-state index in [2.05, 4.69) is 10.6 Å². The molecule has 1 aliphatic carbocycles. The third-order valence-corrected chi connectivity index (χ3v) is 9.59. The van der Waals surface area contributed by atoms with Crippen molar-refractivity contribution < 1.29 is 45.4 Å². The van der Waals surface area contributed by atoms with Crippen molar-refractivity contribution in [3.05, 3.63) is 124 Å². The van der Waals surface area contributed by atoms with Crippen molar-refractivity contribution in [3.8, 4) is 0 Å². The van der Waals surface area contributed by atoms with Crippen molar-refractivity contribution in [2.45, 2.75) is 70.1 Å². The van der Waals surface area contributed by atoms with Gasteiger partial charge in [-0.25, -0.2) is 4.39 Å². The van der Waals surface area contributed by atoms with E-state index >= 15 is 4.39 Å². The summed E-state index contributed by atoms with van der Waals surface area (Å²) >= 11 is 0. The van der Waals surface area contributed by atoms with Gasteiger partial charge in [-0.05, 0) is 97.0 Å². The van der Waals surface area contributed by atoms with E-state index in [4.69, 9.17) is 0 Å². The molecule has 1 unspecified atom stereocenters. The summed E-state index contributed by atoms with van der Waals surface area (Å²) in [5.74, 6) is -4.02. The van der Waals surface area contributed by atoms with Gasteiger partial charge < -0.3 is 15.7 Å². The molecule has 51 heavy (non-hydrogen) atoms. The molecule has 4 aromatic rings. The van der Waals surface area contributed by atoms with Crippen LogP contribution >= 0.6 is 0 Å². The Morgan fingerprint density at radius 3 is 2.18 bits per heavy atom. The Balaban J connectivity index is 1.49. The topological polar surface area (TPSA) is 81.7 Å². The van der Waals surface area contributed by atoms with E-state index in [1.807, 2.05) is 0 Å². The molecule has 6 nitrogen and oxygen atoms in total. The quantitative estimate of drug-likeness (QED) is 0.167. The second-order valence-corrected chi connectivity index (χ2v) is 13.0. The summed E-state index contributed by atoms with van der Waals surface area (Å²) in [6.45, 7) is 0.592. The van der Waals surface area contributed by atoms with Crippen LogP contribution in [0.3, 0.4) is 0 Å². The van der Waals surface area contributed by atoms with Gasteiger partial charge in [0.1, 0.15) is 5.82 Å². The maximum atomic E-state index is 15.4. The van der Waals surface area contributed by atoms with Crippen molar-refractivity contribution in [1.82, 2.24) is 0 Å². The number of carbonyl (C=O) groups is 2. The fourth-order valence-corrected chi connectivity index (χ4v) is 7.09. The first-order chi connectivity index (χ1) is 24.2. The van der Waals surface area contributed by atoms with Crippen LogP contribution in [0.5, 0.6) is 0 Å². The van der Waals surface area contributed by atoms with Crippen LogP contribution in [-0.2, 0) is 30.2 Å². The summed E-state index contributed by atoms with van der Waals surface area (Å²) in [5, 5.41) is 15.4. The zero-order chi connectivity index (χ0) is 36.7. The third-order valence-electron chi connectivity index (χ3n) is 9.59. The van der Waals surface area contributed by atoms with Gasteiger partial charge in [0.25, 0.3) is 5.91 Å². The SMILES string of the molecule is Cc1cccc(F)c1C(=O)N1c2ccc(C(F)(F)F)cc2C[C@H](C(=O)Nc2ccc(CO)c(C(F)(F)F)c2)C1c1ccc(NC2CCCC2)cc1. The molecule has 2 atom stereocenters. The Morgan fingerprint density at radius 2 is 1.55 bits per heavy atom. The van der Waals surface area contributed by atoms with Gasteiger partial charge in [-0.3, -0.25) is 14.5 Å². The minimum Gasteiger partial charge on any atom is -0.392 e. The lowest BCUT2D eigenvalue weighted by atomic mass is 9.80. The first-order valence-electron chi connectivity index (χ1n) is 16.4. The number of aliphatic hydroxyl groups excluding tert-OH is 1. The van der Waals surface area contributed by atoms with Gasteiger partial charge in [0.05, 0.1) is 35.3 Å². The van der Waals surface area contributed by atoms with Gasteiger partial charge in [-0.1, -0.05) is 43.2 Å². The number of alkyl halides is 6. The minimum absolute atomic E-state index is 0.0320. The molecule has 0 spiro atoms. The van der Waals surface area contributed by atoms with E-state index in [0.29, 0.717) is 11.6 Å². The molecule has 268 valence electrons. The maximum Gasteiger partial charge on any atom is 0.416 e. The number of hydrogen-bond acceptors (Lipinski definition) is 4. The molecule has 0 saturated heterocycles. The predicted molar refractivity (Wildman–Crippen MR) is 178 cm³/mol. The molecule has 2 amide bonds. The molecule has 4 aromatic carbocycles. The smallest absolute Gasteiger partial charge is 0.392 e. The number of benzene rings is 4. The van der Waals surface area contributed by atoms with E-state index in [1.165, 1.54) is 25.1 Å². The Kier molecular flexibility index (Phi) is 9.86. The number of aryl methyl sites for hydroxylation is 1. The molecule has 1 saturated carbocycles. The average molecular weight is 714 g/mol. The summed E-state index contributed by atoms with van der Waals surface area (Å²) in [6.07, 6.45) is -5.82. The number of aliphatic hydroxyl groups is 1. The van der Waals surface area contributed by atoms with Crippen molar-refractivity contribution >= 4 is 28.9 Å². The highest BCUT2D eigenvalue weighted by Gasteiger charge is 2.45. The number of nitrogens with zero attached hydrogens (tertiary/aromatic N) is 1. The monoisotopic (exact) mass is 713 g/mol. The summed E-state index contributed by atoms with van der Waals surface area (Å²) < 4.78 is 98.6. The van der Waals surface area contributed by atoms with E-state index < -0.39 is 65.2 Å². The average Bonchev–Trinajstić information content (AvgIpc) is 3.59. The number of amides is 2. The van der Waals surface area contributed by atoms with Gasteiger partial charge in [-0.2, -0.15) is 26.3 Å². The minimum atomic E-state index is -4.87. The first-order valence-corrected chi connectivity index (χ1v) is 16.4. The summed E-state index contributed by atoms with van der Waals surface area (Å²) in [5.41, 5.74) is -1.85. The predicted octanol–water partition coefficient (Wildman–Crippen LogP) is 9.22. The molecule has 1 fully saturated rings. The fraction of sp³-hybridized carbons (Fsp3) is 0.316. The summed E-state index contributed by atoms with van der Waals surface area (Å²) in [7, 11) is 0. The van der Waals surface area contributed by atoms with Crippen LogP contribution in [0.1, 0.15) is 75.5 Å². The lowest BCUT2D eigenvalue weighted by molar-refractivity contribution is -0.139. The van der Waals surface area contributed by atoms with Crippen molar-refractivity contribution in [1.29, 1.82) is 0 Å². The molecule has 1 heterocycles. The molecular weight excluding hydrogens is 679 g/mol. The second-order valence-electron chi connectivity index (χ2n) is 13.0. The van der Waals surface area contributed by atoms with Gasteiger partial charge >= 0.3 is 12.4 Å². The highest BCUT2D eigenvalue weighted by Crippen LogP contribution is 2.46. The Hall–Kier alpha value is -4.91. The lowest BCUT2D eigenvalue weighted by Gasteiger charge is -2.42. The Bertz CT molecular complexity index is 1920. The molecule has 0 bridgehead atoms. The first kappa shape index (κ1) is 35.9. The van der Waals surface area contributed by atoms with E-state index in [9.17, 15) is 41.0 Å². The number of nitrogens with one attached hydrogen (secondary N) is 2. The highest BCUT2D eigenvalue weighted by atomic mass is 19.4. The van der Waals surface area contributed by atoms with E-state index in [1.54, 1.807) is 24.3 Å². The van der Waals surface area contributed by atoms with E-state index in [0.717, 1.165) is 66.6 Å². The number of fused-ring (bicyclic) bond motifs is 1. The number of rotatable bonds is 7. The van der Waals surface area contributed by atoms with Gasteiger partial charge in [-0.15, -0.1) is 0 Å². The molecule has 0 radical (unpaired) electrons. The lowest BCUT2D eigenvalue weighted by Crippen LogP contribution is -2.47. The summed E-state index contributed by atoms with van der Waals surface area (Å²) in [4.78, 5) is 29.8. The fourth-order valence-electron chi connectivity index (χ4n) is 7.09. The van der Waals surface area contributed by atoms with Crippen LogP contribution in [0.25, 0.3) is 0 Å². The van der Waals surface area contributed by atoms with Crippen LogP contribution in [0.15, 0.2) is 78.9 Å². The zero-order valence-corrected chi connectivity index (χ0v) is 27.3. The number of anilines is 3. The number of halogens is 7. The van der Waals surface area contributed by atoms with E-state index in [-0.39, 0.29) is 40.5 Å². The zero-order valence-electron chi connectivity index (χ0n) is 27.3. The third kappa shape index (κ3) is 7.44.